The molecule has 0 aliphatic rings. The lowest BCUT2D eigenvalue weighted by molar-refractivity contribution is -0.550. The Morgan fingerprint density at radius 3 is 0.711 bits per heavy atom. The third-order valence-electron chi connectivity index (χ3n) is 7.97. The molecule has 0 rings (SSSR count). The van der Waals surface area contributed by atoms with Gasteiger partial charge in [0.25, 0.3) is 0 Å². The van der Waals surface area contributed by atoms with Gasteiger partial charge in [-0.3, -0.25) is 0 Å². The van der Waals surface area contributed by atoms with E-state index in [1.165, 1.54) is 167 Å². The van der Waals surface area contributed by atoms with Crippen LogP contribution < -0.4 is 0 Å². The molecular formula is C36H66N2. The first-order valence-corrected chi connectivity index (χ1v) is 17.1. The summed E-state index contributed by atoms with van der Waals surface area (Å²) in [5, 5.41) is 0. The summed E-state index contributed by atoms with van der Waals surface area (Å²) in [5.41, 5.74) is 10.1. The molecular weight excluding hydrogens is 460 g/mol. The molecule has 0 bridgehead atoms. The third kappa shape index (κ3) is 32.7. The Balaban J connectivity index is 3.15. The molecule has 0 unspecified atom stereocenters. The van der Waals surface area contributed by atoms with Crippen LogP contribution in [0.4, 0.5) is 0 Å². The van der Waals surface area contributed by atoms with Crippen molar-refractivity contribution in [3.63, 3.8) is 0 Å². The third-order valence-corrected chi connectivity index (χ3v) is 7.97. The standard InChI is InChI=1S/C36H66N2/c1-3-5-7-9-11-13-15-17-19-21-23-25-27-29-31-33-35-38(37)36-34-32-30-28-26-24-22-20-18-16-14-12-10-8-6-4-2/h1-2H,5-36H2. The molecule has 0 aliphatic carbocycles. The van der Waals surface area contributed by atoms with Crippen LogP contribution in [0, 0.1) is 24.7 Å². The van der Waals surface area contributed by atoms with E-state index < -0.39 is 0 Å². The fourth-order valence-corrected chi connectivity index (χ4v) is 5.40. The smallest absolute Gasteiger partial charge is 0.130 e. The minimum Gasteiger partial charge on any atom is -0.507 e. The minimum atomic E-state index is 0.855. The monoisotopic (exact) mass is 527 g/mol. The lowest BCUT2D eigenvalue weighted by atomic mass is 10.0. The summed E-state index contributed by atoms with van der Waals surface area (Å²) in [6.45, 7) is 1.71. The molecule has 0 amide bonds. The largest absolute Gasteiger partial charge is 0.507 e. The molecule has 0 aromatic heterocycles. The van der Waals surface area contributed by atoms with E-state index >= 15 is 0 Å². The van der Waals surface area contributed by atoms with Crippen LogP contribution in [0.1, 0.15) is 193 Å². The topological polar surface area (TPSA) is 25.3 Å². The van der Waals surface area contributed by atoms with Gasteiger partial charge in [-0.25, -0.2) is 0 Å². The number of terminal acetylenes is 2. The highest BCUT2D eigenvalue weighted by molar-refractivity contribution is 4.83. The molecule has 2 heteroatoms. The van der Waals surface area contributed by atoms with E-state index in [0.717, 1.165) is 38.8 Å². The van der Waals surface area contributed by atoms with E-state index in [9.17, 15) is 5.53 Å². The molecule has 0 aromatic rings. The van der Waals surface area contributed by atoms with Crippen LogP contribution in [-0.4, -0.2) is 17.8 Å². The minimum absolute atomic E-state index is 0.855. The van der Waals surface area contributed by atoms with Crippen LogP contribution in [-0.2, 0) is 0 Å². The zero-order chi connectivity index (χ0) is 27.6. The highest BCUT2D eigenvalue weighted by Gasteiger charge is 2.00. The van der Waals surface area contributed by atoms with Gasteiger partial charge in [0, 0.05) is 25.7 Å². The van der Waals surface area contributed by atoms with Gasteiger partial charge in [0.2, 0.25) is 0 Å². The molecule has 38 heavy (non-hydrogen) atoms. The lowest BCUT2D eigenvalue weighted by Gasteiger charge is -2.08. The molecule has 0 radical (unpaired) electrons. The SMILES string of the molecule is C#CCCCCCCCCCCCCCCCC[N+](=[N-])CCCCCCCCCCCCCCCCC#C. The van der Waals surface area contributed by atoms with Gasteiger partial charge >= 0.3 is 0 Å². The normalized spacial score (nSPS) is 10.9. The van der Waals surface area contributed by atoms with Crippen molar-refractivity contribution in [3.05, 3.63) is 5.53 Å². The van der Waals surface area contributed by atoms with Crippen molar-refractivity contribution in [2.45, 2.75) is 193 Å². The average molecular weight is 527 g/mol. The highest BCUT2D eigenvalue weighted by Crippen LogP contribution is 2.15. The van der Waals surface area contributed by atoms with E-state index in [1.54, 1.807) is 4.70 Å². The molecule has 0 spiro atoms. The van der Waals surface area contributed by atoms with Crippen molar-refractivity contribution in [1.29, 1.82) is 0 Å². The number of unbranched alkanes of at least 4 members (excludes halogenated alkanes) is 28. The van der Waals surface area contributed by atoms with Crippen LogP contribution in [0.3, 0.4) is 0 Å². The molecule has 0 aromatic carbocycles. The summed E-state index contributed by atoms with van der Waals surface area (Å²) in [7, 11) is 0. The number of hydrogen-bond acceptors (Lipinski definition) is 0. The number of rotatable bonds is 32. The predicted molar refractivity (Wildman–Crippen MR) is 170 cm³/mol. The summed E-state index contributed by atoms with van der Waals surface area (Å²) in [4.78, 5) is 0. The Labute approximate surface area is 240 Å². The van der Waals surface area contributed by atoms with Crippen molar-refractivity contribution < 1.29 is 4.70 Å². The van der Waals surface area contributed by atoms with Gasteiger partial charge in [-0.1, -0.05) is 141 Å². The molecule has 2 nitrogen and oxygen atoms in total. The molecule has 220 valence electrons. The second-order valence-electron chi connectivity index (χ2n) is 11.8. The van der Waals surface area contributed by atoms with Gasteiger partial charge in [0.1, 0.15) is 13.1 Å². The van der Waals surface area contributed by atoms with Crippen molar-refractivity contribution in [2.24, 2.45) is 0 Å². The molecule has 0 atom stereocenters. The van der Waals surface area contributed by atoms with E-state index in [1.807, 2.05) is 0 Å². The van der Waals surface area contributed by atoms with Crippen LogP contribution >= 0.6 is 0 Å². The van der Waals surface area contributed by atoms with Crippen LogP contribution in [0.15, 0.2) is 0 Å². The summed E-state index contributed by atoms with van der Waals surface area (Å²) in [5.74, 6) is 5.46. The zero-order valence-electron chi connectivity index (χ0n) is 25.7. The van der Waals surface area contributed by atoms with Crippen LogP contribution in [0.2, 0.25) is 0 Å². The van der Waals surface area contributed by atoms with E-state index in [2.05, 4.69) is 11.8 Å². The van der Waals surface area contributed by atoms with Crippen molar-refractivity contribution >= 4 is 0 Å². The lowest BCUT2D eigenvalue weighted by Crippen LogP contribution is -2.10. The van der Waals surface area contributed by atoms with Crippen molar-refractivity contribution in [3.8, 4) is 24.7 Å². The molecule has 0 saturated carbocycles. The number of hydrogen-bond donors (Lipinski definition) is 0. The number of nitrogens with zero attached hydrogens (tertiary/aromatic N) is 2. The first-order valence-electron chi connectivity index (χ1n) is 17.1. The van der Waals surface area contributed by atoms with Gasteiger partial charge in [0.05, 0.1) is 0 Å². The Morgan fingerprint density at radius 1 is 0.316 bits per heavy atom. The molecule has 0 fully saturated rings. The maximum Gasteiger partial charge on any atom is 0.130 e. The van der Waals surface area contributed by atoms with Gasteiger partial charge < -0.3 is 10.2 Å². The van der Waals surface area contributed by atoms with Gasteiger partial charge in [-0.2, -0.15) is 0 Å². The second kappa shape index (κ2) is 33.7. The molecule has 0 aliphatic heterocycles. The van der Waals surface area contributed by atoms with Crippen molar-refractivity contribution in [1.82, 2.24) is 0 Å². The molecule has 0 saturated heterocycles. The maximum absolute atomic E-state index is 10.1. The summed E-state index contributed by atoms with van der Waals surface area (Å²) in [6.07, 6.45) is 50.2. The first kappa shape index (κ1) is 36.7. The van der Waals surface area contributed by atoms with E-state index in [-0.39, 0.29) is 0 Å². The Hall–Kier alpha value is -1.28. The van der Waals surface area contributed by atoms with E-state index in [0.29, 0.717) is 0 Å². The summed E-state index contributed by atoms with van der Waals surface area (Å²) in [6, 6.07) is 0. The van der Waals surface area contributed by atoms with Crippen LogP contribution in [0.5, 0.6) is 0 Å². The van der Waals surface area contributed by atoms with Gasteiger partial charge in [-0.05, 0) is 25.7 Å². The first-order chi connectivity index (χ1) is 18.8. The van der Waals surface area contributed by atoms with Gasteiger partial charge in [-0.15, -0.1) is 24.7 Å². The predicted octanol–water partition coefficient (Wildman–Crippen LogP) is 12.0. The van der Waals surface area contributed by atoms with Crippen LogP contribution in [0.25, 0.3) is 5.53 Å². The zero-order valence-corrected chi connectivity index (χ0v) is 25.7. The fourth-order valence-electron chi connectivity index (χ4n) is 5.40. The average Bonchev–Trinajstić information content (AvgIpc) is 2.92. The quantitative estimate of drug-likeness (QED) is 0.0360. The maximum atomic E-state index is 10.1. The van der Waals surface area contributed by atoms with E-state index in [4.69, 9.17) is 12.8 Å². The molecule has 0 heterocycles. The summed E-state index contributed by atoms with van der Waals surface area (Å²) >= 11 is 0. The molecule has 0 N–H and O–H groups in total. The second-order valence-corrected chi connectivity index (χ2v) is 11.8. The Morgan fingerprint density at radius 2 is 0.500 bits per heavy atom. The fraction of sp³-hybridized carbons (Fsp3) is 0.889. The Bertz CT molecular complexity index is 505. The summed E-state index contributed by atoms with van der Waals surface area (Å²) < 4.78 is 1.57. The highest BCUT2D eigenvalue weighted by atomic mass is 15.2. The van der Waals surface area contributed by atoms with Crippen molar-refractivity contribution in [2.75, 3.05) is 13.1 Å². The van der Waals surface area contributed by atoms with Gasteiger partial charge in [0.15, 0.2) is 0 Å². The Kier molecular flexibility index (Phi) is 32.6.